The molecular formula is C22H30IN3O2. The Bertz CT molecular complexity index is 740. The lowest BCUT2D eigenvalue weighted by molar-refractivity contribution is 0.157. The summed E-state index contributed by atoms with van der Waals surface area (Å²) in [5, 5.41) is 3.48. The van der Waals surface area contributed by atoms with E-state index in [1.165, 1.54) is 0 Å². The van der Waals surface area contributed by atoms with E-state index in [2.05, 4.69) is 33.4 Å². The number of rotatable bonds is 7. The number of nitrogens with zero attached hydrogens (tertiary/aromatic N) is 2. The van der Waals surface area contributed by atoms with Crippen molar-refractivity contribution in [3.05, 3.63) is 65.7 Å². The molecule has 0 aromatic heterocycles. The molecule has 1 atom stereocenters. The number of hydrogen-bond acceptors (Lipinski definition) is 3. The molecule has 1 fully saturated rings. The normalized spacial score (nSPS) is 16.6. The van der Waals surface area contributed by atoms with Gasteiger partial charge >= 0.3 is 0 Å². The van der Waals surface area contributed by atoms with Crippen LogP contribution < -0.4 is 10.1 Å². The predicted octanol–water partition coefficient (Wildman–Crippen LogP) is 3.93. The monoisotopic (exact) mass is 495 g/mol. The Morgan fingerprint density at radius 3 is 2.64 bits per heavy atom. The molecule has 0 spiro atoms. The van der Waals surface area contributed by atoms with Crippen molar-refractivity contribution in [2.75, 3.05) is 33.9 Å². The summed E-state index contributed by atoms with van der Waals surface area (Å²) in [4.78, 5) is 6.76. The molecule has 5 nitrogen and oxygen atoms in total. The Balaban J connectivity index is 0.00000280. The fourth-order valence-electron chi connectivity index (χ4n) is 3.43. The third-order valence-corrected chi connectivity index (χ3v) is 4.85. The molecule has 1 heterocycles. The van der Waals surface area contributed by atoms with Crippen LogP contribution in [0.4, 0.5) is 0 Å². The van der Waals surface area contributed by atoms with Gasteiger partial charge in [-0.3, -0.25) is 4.99 Å². The van der Waals surface area contributed by atoms with Gasteiger partial charge in [-0.2, -0.15) is 0 Å². The highest BCUT2D eigenvalue weighted by Crippen LogP contribution is 2.20. The highest BCUT2D eigenvalue weighted by Gasteiger charge is 2.24. The second kappa shape index (κ2) is 11.9. The van der Waals surface area contributed by atoms with Crippen LogP contribution in [0.3, 0.4) is 0 Å². The van der Waals surface area contributed by atoms with Gasteiger partial charge in [-0.1, -0.05) is 48.5 Å². The van der Waals surface area contributed by atoms with Gasteiger partial charge in [0.2, 0.25) is 0 Å². The SMILES string of the molecule is CN=C(NCc1ccccc1OCc1ccccc1)N1CCC(COC)C1.I. The number of benzene rings is 2. The number of aliphatic imine (C=N–C) groups is 1. The first-order valence-corrected chi connectivity index (χ1v) is 9.49. The quantitative estimate of drug-likeness (QED) is 0.360. The summed E-state index contributed by atoms with van der Waals surface area (Å²) in [7, 11) is 3.60. The van der Waals surface area contributed by atoms with E-state index in [-0.39, 0.29) is 24.0 Å². The minimum Gasteiger partial charge on any atom is -0.489 e. The van der Waals surface area contributed by atoms with Gasteiger partial charge in [0, 0.05) is 45.3 Å². The van der Waals surface area contributed by atoms with Gasteiger partial charge in [0.25, 0.3) is 0 Å². The molecule has 1 N–H and O–H groups in total. The molecule has 3 rings (SSSR count). The van der Waals surface area contributed by atoms with Gasteiger partial charge in [0.05, 0.1) is 6.61 Å². The van der Waals surface area contributed by atoms with Crippen LogP contribution in [-0.4, -0.2) is 44.7 Å². The van der Waals surface area contributed by atoms with Crippen molar-refractivity contribution in [1.29, 1.82) is 0 Å². The van der Waals surface area contributed by atoms with E-state index in [0.29, 0.717) is 19.1 Å². The summed E-state index contributed by atoms with van der Waals surface area (Å²) in [5.74, 6) is 2.42. The minimum absolute atomic E-state index is 0. The number of halogens is 1. The van der Waals surface area contributed by atoms with Crippen LogP contribution in [0.25, 0.3) is 0 Å². The van der Waals surface area contributed by atoms with Gasteiger partial charge in [-0.25, -0.2) is 0 Å². The molecule has 0 saturated carbocycles. The van der Waals surface area contributed by atoms with Gasteiger partial charge in [-0.15, -0.1) is 24.0 Å². The van der Waals surface area contributed by atoms with Gasteiger partial charge in [-0.05, 0) is 18.1 Å². The molecule has 0 radical (unpaired) electrons. The van der Waals surface area contributed by atoms with Crippen molar-refractivity contribution >= 4 is 29.9 Å². The van der Waals surface area contributed by atoms with Crippen LogP contribution >= 0.6 is 24.0 Å². The van der Waals surface area contributed by atoms with Crippen molar-refractivity contribution in [1.82, 2.24) is 10.2 Å². The highest BCUT2D eigenvalue weighted by molar-refractivity contribution is 14.0. The van der Waals surface area contributed by atoms with Crippen molar-refractivity contribution in [2.24, 2.45) is 10.9 Å². The first-order valence-electron chi connectivity index (χ1n) is 9.49. The van der Waals surface area contributed by atoms with Crippen molar-refractivity contribution in [3.63, 3.8) is 0 Å². The first kappa shape index (κ1) is 22.5. The number of hydrogen-bond donors (Lipinski definition) is 1. The van der Waals surface area contributed by atoms with Crippen LogP contribution in [0.2, 0.25) is 0 Å². The van der Waals surface area contributed by atoms with E-state index in [1.807, 2.05) is 43.4 Å². The molecule has 0 aliphatic carbocycles. The third kappa shape index (κ3) is 6.38. The predicted molar refractivity (Wildman–Crippen MR) is 124 cm³/mol. The largest absolute Gasteiger partial charge is 0.489 e. The van der Waals surface area contributed by atoms with Crippen LogP contribution in [0.1, 0.15) is 17.5 Å². The zero-order valence-electron chi connectivity index (χ0n) is 16.6. The van der Waals surface area contributed by atoms with E-state index in [0.717, 1.165) is 49.0 Å². The zero-order valence-corrected chi connectivity index (χ0v) is 19.0. The fourth-order valence-corrected chi connectivity index (χ4v) is 3.43. The smallest absolute Gasteiger partial charge is 0.193 e. The van der Waals surface area contributed by atoms with Crippen LogP contribution in [0, 0.1) is 5.92 Å². The fraction of sp³-hybridized carbons (Fsp3) is 0.409. The second-order valence-corrected chi connectivity index (χ2v) is 6.84. The lowest BCUT2D eigenvalue weighted by Gasteiger charge is -2.22. The number of nitrogens with one attached hydrogen (secondary N) is 1. The topological polar surface area (TPSA) is 46.1 Å². The molecule has 1 unspecified atom stereocenters. The van der Waals surface area contributed by atoms with E-state index < -0.39 is 0 Å². The lowest BCUT2D eigenvalue weighted by Crippen LogP contribution is -2.39. The lowest BCUT2D eigenvalue weighted by atomic mass is 10.1. The highest BCUT2D eigenvalue weighted by atomic mass is 127. The minimum atomic E-state index is 0. The van der Waals surface area contributed by atoms with Gasteiger partial charge < -0.3 is 19.7 Å². The molecular weight excluding hydrogens is 465 g/mol. The van der Waals surface area contributed by atoms with Crippen LogP contribution in [0.15, 0.2) is 59.6 Å². The second-order valence-electron chi connectivity index (χ2n) is 6.84. The maximum Gasteiger partial charge on any atom is 0.193 e. The summed E-state index contributed by atoms with van der Waals surface area (Å²) < 4.78 is 11.3. The van der Waals surface area contributed by atoms with Gasteiger partial charge in [0.15, 0.2) is 5.96 Å². The first-order chi connectivity index (χ1) is 13.3. The molecule has 28 heavy (non-hydrogen) atoms. The number of para-hydroxylation sites is 1. The molecule has 1 aliphatic heterocycles. The molecule has 1 saturated heterocycles. The van der Waals surface area contributed by atoms with Crippen LogP contribution in [0.5, 0.6) is 5.75 Å². The third-order valence-electron chi connectivity index (χ3n) is 4.85. The molecule has 1 aliphatic rings. The summed E-state index contributed by atoms with van der Waals surface area (Å²) in [6.45, 7) is 4.06. The molecule has 0 amide bonds. The summed E-state index contributed by atoms with van der Waals surface area (Å²) in [6.07, 6.45) is 1.14. The maximum absolute atomic E-state index is 6.05. The Morgan fingerprint density at radius 1 is 1.14 bits per heavy atom. The van der Waals surface area contributed by atoms with Gasteiger partial charge in [0.1, 0.15) is 12.4 Å². The Kier molecular flexibility index (Phi) is 9.57. The molecule has 6 heteroatoms. The van der Waals surface area contributed by atoms with Crippen molar-refractivity contribution in [2.45, 2.75) is 19.6 Å². The zero-order chi connectivity index (χ0) is 18.9. The average Bonchev–Trinajstić information content (AvgIpc) is 3.17. The summed E-state index contributed by atoms with van der Waals surface area (Å²) >= 11 is 0. The van der Waals surface area contributed by atoms with Crippen LogP contribution in [-0.2, 0) is 17.9 Å². The Hall–Kier alpha value is -1.80. The van der Waals surface area contributed by atoms with E-state index >= 15 is 0 Å². The standard InChI is InChI=1S/C22H29N3O2.HI/c1-23-22(25-13-12-19(15-25)16-26-2)24-14-20-10-6-7-11-21(20)27-17-18-8-4-3-5-9-18;/h3-11,19H,12-17H2,1-2H3,(H,23,24);1H. The molecule has 0 bridgehead atoms. The summed E-state index contributed by atoms with van der Waals surface area (Å²) in [5.41, 5.74) is 2.29. The van der Waals surface area contributed by atoms with Crippen molar-refractivity contribution in [3.8, 4) is 5.75 Å². The number of guanidine groups is 1. The molecule has 2 aromatic rings. The maximum atomic E-state index is 6.05. The summed E-state index contributed by atoms with van der Waals surface area (Å²) in [6, 6.07) is 18.4. The molecule has 2 aromatic carbocycles. The van der Waals surface area contributed by atoms with Crippen molar-refractivity contribution < 1.29 is 9.47 Å². The number of likely N-dealkylation sites (tertiary alicyclic amines) is 1. The average molecular weight is 495 g/mol. The Morgan fingerprint density at radius 2 is 1.89 bits per heavy atom. The van der Waals surface area contributed by atoms with E-state index in [9.17, 15) is 0 Å². The van der Waals surface area contributed by atoms with E-state index in [4.69, 9.17) is 9.47 Å². The number of methoxy groups -OCH3 is 1. The van der Waals surface area contributed by atoms with E-state index in [1.54, 1.807) is 7.11 Å². The number of ether oxygens (including phenoxy) is 2. The Labute approximate surface area is 185 Å². The molecule has 152 valence electrons.